The molecule has 1 aliphatic heterocycles. The first-order valence-corrected chi connectivity index (χ1v) is 6.20. The first kappa shape index (κ1) is 11.7. The molecule has 3 nitrogen and oxygen atoms in total. The van der Waals surface area contributed by atoms with Gasteiger partial charge in [0, 0.05) is 6.04 Å². The molecule has 1 N–H and O–H groups in total. The van der Waals surface area contributed by atoms with Crippen molar-refractivity contribution in [2.24, 2.45) is 0 Å². The summed E-state index contributed by atoms with van der Waals surface area (Å²) in [6.07, 6.45) is 2.40. The van der Waals surface area contributed by atoms with Crippen LogP contribution in [0.5, 0.6) is 11.5 Å². The van der Waals surface area contributed by atoms with Gasteiger partial charge in [0.05, 0.1) is 14.2 Å². The Hall–Kier alpha value is -0.740. The summed E-state index contributed by atoms with van der Waals surface area (Å²) in [6, 6.07) is 4.56. The van der Waals surface area contributed by atoms with E-state index in [1.807, 2.05) is 0 Å². The van der Waals surface area contributed by atoms with E-state index in [2.05, 4.69) is 33.4 Å². The molecule has 1 aromatic rings. The highest BCUT2D eigenvalue weighted by atomic mass is 79.9. The van der Waals surface area contributed by atoms with Crippen molar-refractivity contribution in [2.45, 2.75) is 18.9 Å². The summed E-state index contributed by atoms with van der Waals surface area (Å²) in [5, 5.41) is 3.47. The van der Waals surface area contributed by atoms with E-state index in [0.29, 0.717) is 6.04 Å². The minimum Gasteiger partial charge on any atom is -0.495 e. The van der Waals surface area contributed by atoms with Gasteiger partial charge in [0.2, 0.25) is 0 Å². The van der Waals surface area contributed by atoms with Crippen molar-refractivity contribution in [1.82, 2.24) is 5.32 Å². The quantitative estimate of drug-likeness (QED) is 0.926. The largest absolute Gasteiger partial charge is 0.495 e. The number of halogens is 1. The lowest BCUT2D eigenvalue weighted by molar-refractivity contribution is 0.387. The van der Waals surface area contributed by atoms with Gasteiger partial charge in [-0.05, 0) is 53.0 Å². The van der Waals surface area contributed by atoms with Crippen LogP contribution in [0.1, 0.15) is 24.4 Å². The maximum absolute atomic E-state index is 5.33. The number of hydrogen-bond acceptors (Lipinski definition) is 3. The zero-order valence-electron chi connectivity index (χ0n) is 9.55. The lowest BCUT2D eigenvalue weighted by atomic mass is 10.0. The third kappa shape index (κ3) is 2.18. The first-order chi connectivity index (χ1) is 7.76. The van der Waals surface area contributed by atoms with Gasteiger partial charge in [-0.1, -0.05) is 0 Å². The molecule has 0 aromatic heterocycles. The number of hydrogen-bond donors (Lipinski definition) is 1. The Balaban J connectivity index is 2.37. The molecule has 1 atom stereocenters. The van der Waals surface area contributed by atoms with Crippen LogP contribution in [0.4, 0.5) is 0 Å². The van der Waals surface area contributed by atoms with Crippen LogP contribution in [0.15, 0.2) is 16.6 Å². The molecule has 16 heavy (non-hydrogen) atoms. The Morgan fingerprint density at radius 2 is 1.88 bits per heavy atom. The van der Waals surface area contributed by atoms with E-state index in [1.54, 1.807) is 14.2 Å². The van der Waals surface area contributed by atoms with Crippen molar-refractivity contribution < 1.29 is 9.47 Å². The molecule has 1 aromatic carbocycles. The summed E-state index contributed by atoms with van der Waals surface area (Å²) in [5.41, 5.74) is 1.23. The fraction of sp³-hybridized carbons (Fsp3) is 0.500. The van der Waals surface area contributed by atoms with Crippen LogP contribution in [0.25, 0.3) is 0 Å². The molecule has 88 valence electrons. The normalized spacial score (nSPS) is 19.8. The van der Waals surface area contributed by atoms with Crippen LogP contribution in [0.2, 0.25) is 0 Å². The van der Waals surface area contributed by atoms with Crippen molar-refractivity contribution in [3.8, 4) is 11.5 Å². The second-order valence-corrected chi connectivity index (χ2v) is 4.68. The van der Waals surface area contributed by atoms with Gasteiger partial charge in [-0.25, -0.2) is 0 Å². The van der Waals surface area contributed by atoms with Gasteiger partial charge in [-0.15, -0.1) is 0 Å². The molecular weight excluding hydrogens is 270 g/mol. The van der Waals surface area contributed by atoms with Crippen molar-refractivity contribution in [2.75, 3.05) is 20.8 Å². The summed E-state index contributed by atoms with van der Waals surface area (Å²) >= 11 is 3.47. The van der Waals surface area contributed by atoms with Crippen molar-refractivity contribution in [3.05, 3.63) is 22.2 Å². The minimum absolute atomic E-state index is 0.427. The minimum atomic E-state index is 0.427. The number of rotatable bonds is 3. The molecule has 1 fully saturated rings. The van der Waals surface area contributed by atoms with Crippen molar-refractivity contribution in [3.63, 3.8) is 0 Å². The topological polar surface area (TPSA) is 30.5 Å². The van der Waals surface area contributed by atoms with E-state index in [9.17, 15) is 0 Å². The van der Waals surface area contributed by atoms with Crippen LogP contribution in [0.3, 0.4) is 0 Å². The molecule has 1 unspecified atom stereocenters. The van der Waals surface area contributed by atoms with Gasteiger partial charge < -0.3 is 14.8 Å². The van der Waals surface area contributed by atoms with Gasteiger partial charge in [0.15, 0.2) is 0 Å². The number of ether oxygens (including phenoxy) is 2. The third-order valence-corrected chi connectivity index (χ3v) is 3.71. The second kappa shape index (κ2) is 5.06. The standard InChI is InChI=1S/C12H16BrNO2/c1-15-10-6-8(9-4-3-5-14-9)7-11(16-2)12(10)13/h6-7,9,14H,3-5H2,1-2H3. The van der Waals surface area contributed by atoms with Crippen LogP contribution in [0, 0.1) is 0 Å². The van der Waals surface area contributed by atoms with Crippen LogP contribution in [-0.2, 0) is 0 Å². The molecular formula is C12H16BrNO2. The fourth-order valence-corrected chi connectivity index (χ4v) is 2.61. The van der Waals surface area contributed by atoms with Crippen LogP contribution >= 0.6 is 15.9 Å². The SMILES string of the molecule is COc1cc(C2CCCN2)cc(OC)c1Br. The molecule has 0 amide bonds. The fourth-order valence-electron chi connectivity index (χ4n) is 2.06. The van der Waals surface area contributed by atoms with E-state index in [-0.39, 0.29) is 0 Å². The zero-order chi connectivity index (χ0) is 11.5. The van der Waals surface area contributed by atoms with Gasteiger partial charge in [-0.3, -0.25) is 0 Å². The first-order valence-electron chi connectivity index (χ1n) is 5.41. The molecule has 1 aliphatic rings. The average molecular weight is 286 g/mol. The Bertz CT molecular complexity index is 350. The maximum atomic E-state index is 5.33. The summed E-state index contributed by atoms with van der Waals surface area (Å²) in [4.78, 5) is 0. The molecule has 0 saturated carbocycles. The van der Waals surface area contributed by atoms with Gasteiger partial charge in [0.25, 0.3) is 0 Å². The van der Waals surface area contributed by atoms with E-state index in [0.717, 1.165) is 22.5 Å². The number of nitrogens with one attached hydrogen (secondary N) is 1. The highest BCUT2D eigenvalue weighted by molar-refractivity contribution is 9.10. The van der Waals surface area contributed by atoms with Crippen LogP contribution < -0.4 is 14.8 Å². The summed E-state index contributed by atoms with van der Waals surface area (Å²) < 4.78 is 11.5. The van der Waals surface area contributed by atoms with Gasteiger partial charge in [0.1, 0.15) is 16.0 Å². The Labute approximate surface area is 104 Å². The molecule has 2 rings (SSSR count). The molecule has 0 bridgehead atoms. The van der Waals surface area contributed by atoms with Crippen molar-refractivity contribution in [1.29, 1.82) is 0 Å². The van der Waals surface area contributed by atoms with Gasteiger partial charge in [-0.2, -0.15) is 0 Å². The maximum Gasteiger partial charge on any atom is 0.137 e. The summed E-state index contributed by atoms with van der Waals surface area (Å²) in [7, 11) is 3.34. The van der Waals surface area contributed by atoms with Crippen LogP contribution in [-0.4, -0.2) is 20.8 Å². The highest BCUT2D eigenvalue weighted by Gasteiger charge is 2.19. The lowest BCUT2D eigenvalue weighted by Gasteiger charge is -2.15. The smallest absolute Gasteiger partial charge is 0.137 e. The third-order valence-electron chi connectivity index (χ3n) is 2.93. The van der Waals surface area contributed by atoms with E-state index < -0.39 is 0 Å². The monoisotopic (exact) mass is 285 g/mol. The van der Waals surface area contributed by atoms with E-state index >= 15 is 0 Å². The number of benzene rings is 1. The van der Waals surface area contributed by atoms with Crippen molar-refractivity contribution >= 4 is 15.9 Å². The molecule has 1 saturated heterocycles. The second-order valence-electron chi connectivity index (χ2n) is 3.89. The Morgan fingerprint density at radius 1 is 1.25 bits per heavy atom. The lowest BCUT2D eigenvalue weighted by Crippen LogP contribution is -2.13. The predicted molar refractivity (Wildman–Crippen MR) is 67.2 cm³/mol. The summed E-state index contributed by atoms with van der Waals surface area (Å²) in [6.45, 7) is 1.09. The molecule has 0 radical (unpaired) electrons. The predicted octanol–water partition coefficient (Wildman–Crippen LogP) is 2.89. The molecule has 1 heterocycles. The highest BCUT2D eigenvalue weighted by Crippen LogP contribution is 2.38. The Morgan fingerprint density at radius 3 is 2.31 bits per heavy atom. The van der Waals surface area contributed by atoms with E-state index in [4.69, 9.17) is 9.47 Å². The summed E-state index contributed by atoms with van der Waals surface area (Å²) in [5.74, 6) is 1.64. The van der Waals surface area contributed by atoms with Gasteiger partial charge >= 0.3 is 0 Å². The molecule has 0 spiro atoms. The van der Waals surface area contributed by atoms with E-state index in [1.165, 1.54) is 18.4 Å². The Kier molecular flexibility index (Phi) is 3.71. The molecule has 0 aliphatic carbocycles. The molecule has 4 heteroatoms. The number of methoxy groups -OCH3 is 2. The zero-order valence-corrected chi connectivity index (χ0v) is 11.1. The average Bonchev–Trinajstić information content (AvgIpc) is 2.83.